The maximum absolute atomic E-state index is 12.6. The van der Waals surface area contributed by atoms with Crippen molar-refractivity contribution >= 4 is 61.0 Å². The molecule has 2 amide bonds. The minimum absolute atomic E-state index is 0.0761. The largest absolute Gasteiger partial charge is 0.495 e. The summed E-state index contributed by atoms with van der Waals surface area (Å²) in [5.74, 6) is 0.417. The minimum atomic E-state index is -3.98. The fraction of sp³-hybridized carbons (Fsp3) is 0.111. The van der Waals surface area contributed by atoms with Gasteiger partial charge in [0, 0.05) is 30.1 Å². The van der Waals surface area contributed by atoms with Crippen LogP contribution in [0.1, 0.15) is 0 Å². The number of sulfonamides is 1. The SMILES string of the molecule is CNC(=O)N(c1ccc(S(=O)(=O)Nc2ncccn2)cn1)c1cc(Cl)c(Br)cc1OC. The van der Waals surface area contributed by atoms with Crippen molar-refractivity contribution in [1.29, 1.82) is 0 Å². The number of nitrogens with one attached hydrogen (secondary N) is 2. The first-order chi connectivity index (χ1) is 14.8. The Morgan fingerprint density at radius 1 is 1.19 bits per heavy atom. The van der Waals surface area contributed by atoms with Crippen LogP contribution in [0, 0.1) is 0 Å². The fourth-order valence-electron chi connectivity index (χ4n) is 2.50. The van der Waals surface area contributed by atoms with Crippen molar-refractivity contribution in [3.8, 4) is 5.75 Å². The normalized spacial score (nSPS) is 11.0. The summed E-state index contributed by atoms with van der Waals surface area (Å²) in [5, 5.41) is 2.86. The molecule has 31 heavy (non-hydrogen) atoms. The van der Waals surface area contributed by atoms with E-state index in [0.717, 1.165) is 6.20 Å². The number of anilines is 3. The van der Waals surface area contributed by atoms with Gasteiger partial charge in [-0.1, -0.05) is 11.6 Å². The number of benzene rings is 1. The van der Waals surface area contributed by atoms with Gasteiger partial charge in [0.25, 0.3) is 10.0 Å². The summed E-state index contributed by atoms with van der Waals surface area (Å²) >= 11 is 9.51. The van der Waals surface area contributed by atoms with Gasteiger partial charge in [-0.2, -0.15) is 0 Å². The smallest absolute Gasteiger partial charge is 0.327 e. The first-order valence-corrected chi connectivity index (χ1v) is 11.2. The van der Waals surface area contributed by atoms with Gasteiger partial charge in [0.15, 0.2) is 0 Å². The van der Waals surface area contributed by atoms with Gasteiger partial charge < -0.3 is 10.1 Å². The molecule has 0 fully saturated rings. The number of nitrogens with zero attached hydrogens (tertiary/aromatic N) is 4. The minimum Gasteiger partial charge on any atom is -0.495 e. The molecular formula is C18H16BrClN6O4S. The van der Waals surface area contributed by atoms with E-state index in [1.54, 1.807) is 12.1 Å². The van der Waals surface area contributed by atoms with Crippen LogP contribution in [0.15, 0.2) is 58.3 Å². The maximum atomic E-state index is 12.6. The van der Waals surface area contributed by atoms with Gasteiger partial charge in [-0.05, 0) is 46.3 Å². The van der Waals surface area contributed by atoms with Gasteiger partial charge in [0.1, 0.15) is 16.5 Å². The highest BCUT2D eigenvalue weighted by atomic mass is 79.9. The van der Waals surface area contributed by atoms with Gasteiger partial charge in [-0.25, -0.2) is 37.8 Å². The molecule has 0 aliphatic rings. The molecule has 0 saturated heterocycles. The van der Waals surface area contributed by atoms with Crippen LogP contribution in [0.2, 0.25) is 5.02 Å². The molecule has 0 radical (unpaired) electrons. The average Bonchev–Trinajstić information content (AvgIpc) is 2.76. The van der Waals surface area contributed by atoms with E-state index in [0.29, 0.717) is 20.9 Å². The number of halogens is 2. The summed E-state index contributed by atoms with van der Waals surface area (Å²) < 4.78 is 33.3. The van der Waals surface area contributed by atoms with E-state index >= 15 is 0 Å². The Morgan fingerprint density at radius 2 is 1.90 bits per heavy atom. The van der Waals surface area contributed by atoms with Crippen LogP contribution in [-0.2, 0) is 10.0 Å². The monoisotopic (exact) mass is 526 g/mol. The van der Waals surface area contributed by atoms with E-state index in [-0.39, 0.29) is 16.7 Å². The van der Waals surface area contributed by atoms with Gasteiger partial charge in [0.05, 0.1) is 17.8 Å². The molecule has 1 aromatic carbocycles. The number of aromatic nitrogens is 3. The highest BCUT2D eigenvalue weighted by Crippen LogP contribution is 2.39. The number of urea groups is 1. The van der Waals surface area contributed by atoms with Gasteiger partial charge in [0.2, 0.25) is 5.95 Å². The topological polar surface area (TPSA) is 126 Å². The Balaban J connectivity index is 2.00. The number of hydrogen-bond donors (Lipinski definition) is 2. The molecule has 0 unspecified atom stereocenters. The second kappa shape index (κ2) is 9.45. The van der Waals surface area contributed by atoms with Crippen LogP contribution in [0.3, 0.4) is 0 Å². The van der Waals surface area contributed by atoms with Crippen LogP contribution in [0.5, 0.6) is 5.75 Å². The Kier molecular flexibility index (Phi) is 6.93. The molecule has 0 aliphatic heterocycles. The quantitative estimate of drug-likeness (QED) is 0.502. The van der Waals surface area contributed by atoms with Crippen molar-refractivity contribution in [3.63, 3.8) is 0 Å². The van der Waals surface area contributed by atoms with E-state index in [1.165, 1.54) is 49.7 Å². The maximum Gasteiger partial charge on any atom is 0.327 e. The molecule has 13 heteroatoms. The molecule has 162 valence electrons. The number of ether oxygens (including phenoxy) is 1. The van der Waals surface area contributed by atoms with Gasteiger partial charge >= 0.3 is 6.03 Å². The number of hydrogen-bond acceptors (Lipinski definition) is 7. The first kappa shape index (κ1) is 22.7. The summed E-state index contributed by atoms with van der Waals surface area (Å²) in [6, 6.07) is 6.85. The van der Waals surface area contributed by atoms with Crippen molar-refractivity contribution in [3.05, 3.63) is 58.4 Å². The molecule has 2 N–H and O–H groups in total. The van der Waals surface area contributed by atoms with Crippen LogP contribution in [0.25, 0.3) is 0 Å². The third-order valence-corrected chi connectivity index (χ3v) is 6.44. The lowest BCUT2D eigenvalue weighted by Crippen LogP contribution is -2.35. The molecule has 2 aromatic heterocycles. The number of amides is 2. The second-order valence-corrected chi connectivity index (χ2v) is 8.80. The molecule has 0 atom stereocenters. The molecule has 3 aromatic rings. The number of rotatable bonds is 6. The van der Waals surface area contributed by atoms with Crippen molar-refractivity contribution in [2.75, 3.05) is 23.8 Å². The fourth-order valence-corrected chi connectivity index (χ4v) is 3.88. The molecule has 0 saturated carbocycles. The van der Waals surface area contributed by atoms with Crippen molar-refractivity contribution < 1.29 is 17.9 Å². The Morgan fingerprint density at radius 3 is 2.48 bits per heavy atom. The Labute approximate surface area is 191 Å². The van der Waals surface area contributed by atoms with E-state index in [4.69, 9.17) is 16.3 Å². The van der Waals surface area contributed by atoms with E-state index < -0.39 is 16.1 Å². The zero-order valence-corrected chi connectivity index (χ0v) is 19.4. The average molecular weight is 528 g/mol. The third kappa shape index (κ3) is 5.03. The molecule has 2 heterocycles. The third-order valence-electron chi connectivity index (χ3n) is 3.93. The number of pyridine rings is 1. The molecule has 10 nitrogen and oxygen atoms in total. The lowest BCUT2D eigenvalue weighted by Gasteiger charge is -2.24. The van der Waals surface area contributed by atoms with E-state index in [2.05, 4.69) is 40.9 Å². The highest BCUT2D eigenvalue weighted by molar-refractivity contribution is 9.10. The summed E-state index contributed by atoms with van der Waals surface area (Å²) in [6.45, 7) is 0. The van der Waals surface area contributed by atoms with Gasteiger partial charge in [-0.15, -0.1) is 0 Å². The summed E-state index contributed by atoms with van der Waals surface area (Å²) in [6.07, 6.45) is 3.93. The predicted octanol–water partition coefficient (Wildman–Crippen LogP) is 3.57. The molecule has 0 bridgehead atoms. The van der Waals surface area contributed by atoms with Crippen LogP contribution in [-0.4, -0.2) is 43.6 Å². The molecule has 3 rings (SSSR count). The highest BCUT2D eigenvalue weighted by Gasteiger charge is 2.24. The van der Waals surface area contributed by atoms with Crippen LogP contribution in [0.4, 0.5) is 22.2 Å². The van der Waals surface area contributed by atoms with Crippen LogP contribution >= 0.6 is 27.5 Å². The first-order valence-electron chi connectivity index (χ1n) is 8.57. The number of methoxy groups -OCH3 is 1. The molecule has 0 spiro atoms. The van der Waals surface area contributed by atoms with E-state index in [9.17, 15) is 13.2 Å². The lowest BCUT2D eigenvalue weighted by molar-refractivity contribution is 0.250. The Bertz CT molecular complexity index is 1200. The standard InChI is InChI=1S/C18H16BrClN6O4S/c1-21-18(27)26(14-9-13(20)12(19)8-15(14)30-2)16-5-4-11(10-24-16)31(28,29)25-17-22-6-3-7-23-17/h3-10H,1-2H3,(H,21,27)(H,22,23,25). The van der Waals surface area contributed by atoms with E-state index in [1.807, 2.05) is 0 Å². The number of carbonyl (C=O) groups is 1. The molecule has 0 aliphatic carbocycles. The lowest BCUT2D eigenvalue weighted by atomic mass is 10.2. The second-order valence-electron chi connectivity index (χ2n) is 5.86. The zero-order chi connectivity index (χ0) is 22.6. The summed E-state index contributed by atoms with van der Waals surface area (Å²) in [4.78, 5) is 25.5. The number of carbonyl (C=O) groups excluding carboxylic acids is 1. The van der Waals surface area contributed by atoms with Crippen molar-refractivity contribution in [2.24, 2.45) is 0 Å². The van der Waals surface area contributed by atoms with Crippen molar-refractivity contribution in [2.45, 2.75) is 4.90 Å². The molecular weight excluding hydrogens is 512 g/mol. The summed E-state index contributed by atoms with van der Waals surface area (Å²) in [5.41, 5.74) is 0.314. The predicted molar refractivity (Wildman–Crippen MR) is 119 cm³/mol. The zero-order valence-electron chi connectivity index (χ0n) is 16.2. The van der Waals surface area contributed by atoms with Crippen LogP contribution < -0.4 is 19.7 Å². The Hall–Kier alpha value is -2.96. The van der Waals surface area contributed by atoms with Crippen molar-refractivity contribution in [1.82, 2.24) is 20.3 Å². The summed E-state index contributed by atoms with van der Waals surface area (Å²) in [7, 11) is -1.08. The van der Waals surface area contributed by atoms with Gasteiger partial charge in [-0.3, -0.25) is 0 Å².